The maximum absolute atomic E-state index is 11.8. The largest absolute Gasteiger partial charge is 0.454 e. The van der Waals surface area contributed by atoms with E-state index in [-0.39, 0.29) is 12.1 Å². The molecule has 0 aliphatic rings. The molecule has 0 saturated carbocycles. The topological polar surface area (TPSA) is 72.8 Å². The first kappa shape index (κ1) is 17.6. The Balaban J connectivity index is 1.98. The third-order valence-corrected chi connectivity index (χ3v) is 4.65. The van der Waals surface area contributed by atoms with E-state index in [0.29, 0.717) is 17.0 Å². The van der Waals surface area contributed by atoms with Crippen molar-refractivity contribution >= 4 is 11.0 Å². The first-order valence-corrected chi connectivity index (χ1v) is 8.85. The molecule has 4 rings (SSSR count). The van der Waals surface area contributed by atoms with Gasteiger partial charge in [-0.15, -0.1) is 0 Å². The molecule has 28 heavy (non-hydrogen) atoms. The summed E-state index contributed by atoms with van der Waals surface area (Å²) in [4.78, 5) is 16.5. The van der Waals surface area contributed by atoms with Gasteiger partial charge in [0, 0.05) is 30.4 Å². The fourth-order valence-electron chi connectivity index (χ4n) is 3.24. The van der Waals surface area contributed by atoms with Gasteiger partial charge in [-0.2, -0.15) is 5.26 Å². The van der Waals surface area contributed by atoms with Crippen LogP contribution in [0.2, 0.25) is 0 Å². The summed E-state index contributed by atoms with van der Waals surface area (Å²) in [5.41, 5.74) is 3.11. The number of ether oxygens (including phenoxy) is 1. The molecule has 6 nitrogen and oxygen atoms in total. The number of fused-ring (bicyclic) bond motifs is 1. The highest BCUT2D eigenvalue weighted by atomic mass is 16.5. The van der Waals surface area contributed by atoms with Crippen LogP contribution in [0.3, 0.4) is 0 Å². The molecule has 6 heteroatoms. The second-order valence-corrected chi connectivity index (χ2v) is 6.50. The Bertz CT molecular complexity index is 1260. The number of nitriles is 1. The van der Waals surface area contributed by atoms with Crippen LogP contribution >= 0.6 is 0 Å². The van der Waals surface area contributed by atoms with Crippen molar-refractivity contribution in [2.75, 3.05) is 0 Å². The summed E-state index contributed by atoms with van der Waals surface area (Å²) in [6.45, 7) is 2.09. The number of pyridine rings is 1. The monoisotopic (exact) mass is 370 g/mol. The highest BCUT2D eigenvalue weighted by Gasteiger charge is 2.18. The van der Waals surface area contributed by atoms with E-state index < -0.39 is 0 Å². The molecule has 0 aliphatic carbocycles. The Morgan fingerprint density at radius 3 is 2.61 bits per heavy atom. The molecule has 2 aromatic carbocycles. The average Bonchev–Trinajstić information content (AvgIpc) is 3.02. The van der Waals surface area contributed by atoms with Crippen molar-refractivity contribution in [3.63, 3.8) is 0 Å². The van der Waals surface area contributed by atoms with Crippen LogP contribution in [0.5, 0.6) is 11.5 Å². The van der Waals surface area contributed by atoms with Crippen molar-refractivity contribution in [3.05, 3.63) is 77.0 Å². The minimum atomic E-state index is -0.0792. The summed E-state index contributed by atoms with van der Waals surface area (Å²) >= 11 is 0. The molecule has 2 aromatic heterocycles. The molecular formula is C22H18N4O2. The Hall–Kier alpha value is -3.85. The van der Waals surface area contributed by atoms with Crippen molar-refractivity contribution in [2.24, 2.45) is 7.05 Å². The van der Waals surface area contributed by atoms with Crippen LogP contribution in [0.4, 0.5) is 0 Å². The number of aromatic nitrogens is 3. The van der Waals surface area contributed by atoms with E-state index >= 15 is 0 Å². The third-order valence-electron chi connectivity index (χ3n) is 4.65. The quantitative estimate of drug-likeness (QED) is 0.544. The van der Waals surface area contributed by atoms with E-state index in [9.17, 15) is 4.79 Å². The summed E-state index contributed by atoms with van der Waals surface area (Å²) < 4.78 is 9.64. The molecule has 2 heterocycles. The molecule has 0 atom stereocenters. The van der Waals surface area contributed by atoms with E-state index in [0.717, 1.165) is 22.5 Å². The van der Waals surface area contributed by atoms with Crippen LogP contribution in [0.1, 0.15) is 5.82 Å². The van der Waals surface area contributed by atoms with Gasteiger partial charge in [-0.1, -0.05) is 18.2 Å². The summed E-state index contributed by atoms with van der Waals surface area (Å²) in [6.07, 6.45) is 1.78. The van der Waals surface area contributed by atoms with Crippen molar-refractivity contribution in [2.45, 2.75) is 13.5 Å². The maximum Gasteiger partial charge on any atom is 0.250 e. The van der Waals surface area contributed by atoms with E-state index in [4.69, 9.17) is 10.00 Å². The highest BCUT2D eigenvalue weighted by molar-refractivity contribution is 5.91. The SMILES string of the molecule is Cc1nc2c(Oc3ccccc3)c(-c3ccc(=O)n(C)c3)ccc2n1CC#N. The second kappa shape index (κ2) is 7.05. The summed E-state index contributed by atoms with van der Waals surface area (Å²) in [5, 5.41) is 9.15. The number of aryl methyl sites for hydroxylation is 2. The van der Waals surface area contributed by atoms with Crippen molar-refractivity contribution < 1.29 is 4.74 Å². The summed E-state index contributed by atoms with van der Waals surface area (Å²) in [6, 6.07) is 18.8. The molecule has 0 aliphatic heterocycles. The zero-order valence-electron chi connectivity index (χ0n) is 15.6. The molecule has 0 unspecified atom stereocenters. The molecule has 0 amide bonds. The van der Waals surface area contributed by atoms with Crippen LogP contribution in [0.15, 0.2) is 65.6 Å². The van der Waals surface area contributed by atoms with Gasteiger partial charge in [0.05, 0.1) is 11.6 Å². The normalized spacial score (nSPS) is 10.8. The number of para-hydroxylation sites is 1. The van der Waals surface area contributed by atoms with E-state index in [1.54, 1.807) is 19.3 Å². The predicted octanol–water partition coefficient (Wildman–Crippen LogP) is 4.03. The van der Waals surface area contributed by atoms with E-state index in [2.05, 4.69) is 11.1 Å². The first-order chi connectivity index (χ1) is 13.6. The van der Waals surface area contributed by atoms with E-state index in [1.165, 1.54) is 10.6 Å². The van der Waals surface area contributed by atoms with Gasteiger partial charge >= 0.3 is 0 Å². The van der Waals surface area contributed by atoms with Crippen LogP contribution in [0, 0.1) is 18.3 Å². The minimum absolute atomic E-state index is 0.0792. The Morgan fingerprint density at radius 1 is 1.11 bits per heavy atom. The number of benzene rings is 2. The lowest BCUT2D eigenvalue weighted by Gasteiger charge is -2.13. The lowest BCUT2D eigenvalue weighted by Crippen LogP contribution is -2.14. The Labute approximate surface area is 161 Å². The zero-order chi connectivity index (χ0) is 19.7. The molecule has 0 radical (unpaired) electrons. The van der Waals surface area contributed by atoms with Crippen LogP contribution in [-0.2, 0) is 13.6 Å². The summed E-state index contributed by atoms with van der Waals surface area (Å²) in [7, 11) is 1.72. The molecule has 4 aromatic rings. The molecule has 0 saturated heterocycles. The van der Waals surface area contributed by atoms with Crippen molar-refractivity contribution in [1.82, 2.24) is 14.1 Å². The van der Waals surface area contributed by atoms with Crippen LogP contribution in [-0.4, -0.2) is 14.1 Å². The fraction of sp³-hybridized carbons (Fsp3) is 0.136. The van der Waals surface area contributed by atoms with Gasteiger partial charge in [0.2, 0.25) is 5.56 Å². The van der Waals surface area contributed by atoms with Gasteiger partial charge in [0.15, 0.2) is 5.75 Å². The molecule has 138 valence electrons. The number of hydrogen-bond acceptors (Lipinski definition) is 4. The predicted molar refractivity (Wildman–Crippen MR) is 107 cm³/mol. The third kappa shape index (κ3) is 3.03. The van der Waals surface area contributed by atoms with Gasteiger partial charge < -0.3 is 13.9 Å². The second-order valence-electron chi connectivity index (χ2n) is 6.50. The number of rotatable bonds is 4. The lowest BCUT2D eigenvalue weighted by atomic mass is 10.1. The average molecular weight is 370 g/mol. The van der Waals surface area contributed by atoms with E-state index in [1.807, 2.05) is 54.0 Å². The smallest absolute Gasteiger partial charge is 0.250 e. The number of imidazole rings is 1. The van der Waals surface area contributed by atoms with Crippen LogP contribution in [0.25, 0.3) is 22.2 Å². The Kier molecular flexibility index (Phi) is 4.42. The highest BCUT2D eigenvalue weighted by Crippen LogP contribution is 2.39. The molecule has 0 N–H and O–H groups in total. The van der Waals surface area contributed by atoms with Gasteiger partial charge in [-0.05, 0) is 37.3 Å². The standard InChI is InChI=1S/C22H18N4O2/c1-15-24-21-19(26(15)13-12-23)10-9-18(16-8-11-20(27)25(2)14-16)22(21)28-17-6-4-3-5-7-17/h3-11,14H,13H2,1-2H3. The van der Waals surface area contributed by atoms with Gasteiger partial charge in [-0.3, -0.25) is 4.79 Å². The molecule has 0 bridgehead atoms. The zero-order valence-corrected chi connectivity index (χ0v) is 15.6. The minimum Gasteiger partial charge on any atom is -0.454 e. The lowest BCUT2D eigenvalue weighted by molar-refractivity contribution is 0.489. The van der Waals surface area contributed by atoms with Gasteiger partial charge in [0.25, 0.3) is 0 Å². The number of nitrogens with zero attached hydrogens (tertiary/aromatic N) is 4. The molecule has 0 fully saturated rings. The fourth-order valence-corrected chi connectivity index (χ4v) is 3.24. The molecular weight excluding hydrogens is 352 g/mol. The van der Waals surface area contributed by atoms with Crippen molar-refractivity contribution in [3.8, 4) is 28.7 Å². The summed E-state index contributed by atoms with van der Waals surface area (Å²) in [5.74, 6) is 2.03. The van der Waals surface area contributed by atoms with Crippen LogP contribution < -0.4 is 10.3 Å². The maximum atomic E-state index is 11.8. The molecule has 0 spiro atoms. The van der Waals surface area contributed by atoms with Gasteiger partial charge in [-0.25, -0.2) is 4.98 Å². The van der Waals surface area contributed by atoms with Crippen molar-refractivity contribution in [1.29, 1.82) is 5.26 Å². The van der Waals surface area contributed by atoms with Gasteiger partial charge in [0.1, 0.15) is 23.6 Å². The first-order valence-electron chi connectivity index (χ1n) is 8.85. The Morgan fingerprint density at radius 2 is 1.89 bits per heavy atom. The number of hydrogen-bond donors (Lipinski definition) is 0.